The Bertz CT molecular complexity index is 278. The Labute approximate surface area is 83.3 Å². The summed E-state index contributed by atoms with van der Waals surface area (Å²) in [6.45, 7) is 0.709. The zero-order chi connectivity index (χ0) is 10.4. The molecule has 0 aromatic heterocycles. The molecule has 1 aromatic rings. The lowest BCUT2D eigenvalue weighted by molar-refractivity contribution is -0.384. The summed E-state index contributed by atoms with van der Waals surface area (Å²) < 4.78 is 10.4. The molecule has 1 rings (SSSR count). The van der Waals surface area contributed by atoms with Crippen LogP contribution in [0.2, 0.25) is 0 Å². The van der Waals surface area contributed by atoms with Gasteiger partial charge in [-0.05, 0) is 12.1 Å². The highest BCUT2D eigenvalue weighted by Crippen LogP contribution is 2.18. The molecule has 0 aliphatic heterocycles. The summed E-state index contributed by atoms with van der Waals surface area (Å²) in [5, 5.41) is 9.23. The van der Waals surface area contributed by atoms with Crippen molar-refractivity contribution in [3.05, 3.63) is 24.3 Å². The van der Waals surface area contributed by atoms with Gasteiger partial charge in [0.05, 0.1) is 7.11 Å². The molecule has 4 nitrogen and oxygen atoms in total. The number of rotatable bonds is 5. The van der Waals surface area contributed by atoms with E-state index < -0.39 is 6.10 Å². The minimum atomic E-state index is -0.513. The monoisotopic (exact) mass is 198 g/mol. The van der Waals surface area contributed by atoms with Crippen LogP contribution in [0.4, 0.5) is 0 Å². The summed E-state index contributed by atoms with van der Waals surface area (Å²) in [7, 11) is 1.60. The van der Waals surface area contributed by atoms with E-state index in [4.69, 9.17) is 9.47 Å². The van der Waals surface area contributed by atoms with Gasteiger partial charge in [0.15, 0.2) is 0 Å². The van der Waals surface area contributed by atoms with E-state index in [2.05, 4.69) is 5.73 Å². The summed E-state index contributed by atoms with van der Waals surface area (Å²) in [5.41, 5.74) is 3.58. The van der Waals surface area contributed by atoms with Crippen molar-refractivity contribution in [3.8, 4) is 11.5 Å². The van der Waals surface area contributed by atoms with Crippen molar-refractivity contribution in [2.45, 2.75) is 6.10 Å². The highest BCUT2D eigenvalue weighted by Gasteiger charge is 2.04. The molecule has 1 atom stereocenters. The molecule has 14 heavy (non-hydrogen) atoms. The molecule has 0 amide bonds. The van der Waals surface area contributed by atoms with Crippen molar-refractivity contribution in [2.24, 2.45) is 0 Å². The molecule has 4 heteroatoms. The highest BCUT2D eigenvalue weighted by molar-refractivity contribution is 5.32. The fourth-order valence-electron chi connectivity index (χ4n) is 0.967. The van der Waals surface area contributed by atoms with Crippen LogP contribution in [0.1, 0.15) is 0 Å². The van der Waals surface area contributed by atoms with Gasteiger partial charge < -0.3 is 20.3 Å². The average molecular weight is 198 g/mol. The Balaban J connectivity index is 2.50. The van der Waals surface area contributed by atoms with Crippen molar-refractivity contribution in [3.63, 3.8) is 0 Å². The first-order valence-corrected chi connectivity index (χ1v) is 4.50. The first-order chi connectivity index (χ1) is 6.76. The fraction of sp³-hybridized carbons (Fsp3) is 0.400. The predicted molar refractivity (Wildman–Crippen MR) is 52.3 cm³/mol. The van der Waals surface area contributed by atoms with E-state index >= 15 is 0 Å². The number of hydrogen-bond donors (Lipinski definition) is 2. The maximum atomic E-state index is 9.23. The molecule has 4 N–H and O–H groups in total. The predicted octanol–water partition coefficient (Wildman–Crippen LogP) is -0.323. The van der Waals surface area contributed by atoms with Crippen LogP contribution in [-0.2, 0) is 0 Å². The van der Waals surface area contributed by atoms with Gasteiger partial charge in [-0.25, -0.2) is 0 Å². The van der Waals surface area contributed by atoms with Crippen molar-refractivity contribution in [2.75, 3.05) is 20.3 Å². The molecule has 1 aromatic carbocycles. The number of benzene rings is 1. The average Bonchev–Trinajstić information content (AvgIpc) is 2.26. The second kappa shape index (κ2) is 5.47. The van der Waals surface area contributed by atoms with Gasteiger partial charge >= 0.3 is 0 Å². The van der Waals surface area contributed by atoms with E-state index in [9.17, 15) is 5.11 Å². The molecule has 0 heterocycles. The molecule has 0 aliphatic carbocycles. The first kappa shape index (κ1) is 10.8. The molecule has 0 saturated heterocycles. The lowest BCUT2D eigenvalue weighted by Crippen LogP contribution is -2.56. The largest absolute Gasteiger partial charge is 0.497 e. The standard InChI is InChI=1S/C10H15NO3/c1-13-9-3-2-4-10(5-9)14-7-8(12)6-11/h2-5,8,12H,6-7,11H2,1H3/p+1/t8-/m0/s1. The van der Waals surface area contributed by atoms with Gasteiger partial charge in [0.1, 0.15) is 30.8 Å². The third-order valence-corrected chi connectivity index (χ3v) is 1.82. The zero-order valence-corrected chi connectivity index (χ0v) is 8.27. The second-order valence-electron chi connectivity index (χ2n) is 2.93. The van der Waals surface area contributed by atoms with Crippen LogP contribution >= 0.6 is 0 Å². The Morgan fingerprint density at radius 1 is 1.43 bits per heavy atom. The van der Waals surface area contributed by atoms with Crippen LogP contribution in [0.25, 0.3) is 0 Å². The van der Waals surface area contributed by atoms with Gasteiger partial charge in [-0.2, -0.15) is 0 Å². The lowest BCUT2D eigenvalue weighted by atomic mass is 10.3. The smallest absolute Gasteiger partial charge is 0.136 e. The molecular weight excluding hydrogens is 182 g/mol. The minimum Gasteiger partial charge on any atom is -0.497 e. The first-order valence-electron chi connectivity index (χ1n) is 4.50. The van der Waals surface area contributed by atoms with Crippen LogP contribution in [-0.4, -0.2) is 31.5 Å². The van der Waals surface area contributed by atoms with E-state index in [1.165, 1.54) is 0 Å². The summed E-state index contributed by atoms with van der Waals surface area (Å²) in [6.07, 6.45) is -0.513. The third kappa shape index (κ3) is 3.24. The summed E-state index contributed by atoms with van der Waals surface area (Å²) in [6, 6.07) is 7.27. The van der Waals surface area contributed by atoms with Crippen LogP contribution in [0.3, 0.4) is 0 Å². The number of methoxy groups -OCH3 is 1. The summed E-state index contributed by atoms with van der Waals surface area (Å²) >= 11 is 0. The molecule has 78 valence electrons. The van der Waals surface area contributed by atoms with Gasteiger partial charge in [0, 0.05) is 6.07 Å². The van der Waals surface area contributed by atoms with E-state index in [1.54, 1.807) is 13.2 Å². The normalized spacial score (nSPS) is 12.2. The summed E-state index contributed by atoms with van der Waals surface area (Å²) in [4.78, 5) is 0. The number of hydrogen-bond acceptors (Lipinski definition) is 3. The van der Waals surface area contributed by atoms with Crippen molar-refractivity contribution >= 4 is 0 Å². The van der Waals surface area contributed by atoms with Crippen LogP contribution in [0.5, 0.6) is 11.5 Å². The van der Waals surface area contributed by atoms with Gasteiger partial charge in [-0.3, -0.25) is 0 Å². The fourth-order valence-corrected chi connectivity index (χ4v) is 0.967. The SMILES string of the molecule is COc1cccc(OC[C@@H](O)C[NH3+])c1. The quantitative estimate of drug-likeness (QED) is 0.681. The topological polar surface area (TPSA) is 66.3 Å². The van der Waals surface area contributed by atoms with E-state index in [0.717, 1.165) is 5.75 Å². The maximum absolute atomic E-state index is 9.23. The van der Waals surface area contributed by atoms with Crippen molar-refractivity contribution in [1.82, 2.24) is 0 Å². The van der Waals surface area contributed by atoms with Gasteiger partial charge in [0.2, 0.25) is 0 Å². The zero-order valence-electron chi connectivity index (χ0n) is 8.27. The number of ether oxygens (including phenoxy) is 2. The molecule has 0 saturated carbocycles. The Morgan fingerprint density at radius 2 is 2.14 bits per heavy atom. The summed E-state index contributed by atoms with van der Waals surface area (Å²) in [5.74, 6) is 1.43. The Morgan fingerprint density at radius 3 is 2.79 bits per heavy atom. The second-order valence-corrected chi connectivity index (χ2v) is 2.93. The molecule has 0 radical (unpaired) electrons. The Kier molecular flexibility index (Phi) is 4.22. The van der Waals surface area contributed by atoms with Crippen molar-refractivity contribution < 1.29 is 20.3 Å². The molecule has 0 spiro atoms. The molecular formula is C10H16NO3+. The maximum Gasteiger partial charge on any atom is 0.136 e. The number of quaternary nitrogens is 1. The highest BCUT2D eigenvalue weighted by atomic mass is 16.5. The molecule has 0 unspecified atom stereocenters. The number of aliphatic hydroxyl groups excluding tert-OH is 1. The van der Waals surface area contributed by atoms with Crippen LogP contribution in [0, 0.1) is 0 Å². The van der Waals surface area contributed by atoms with E-state index in [1.807, 2.05) is 18.2 Å². The molecule has 0 fully saturated rings. The van der Waals surface area contributed by atoms with Crippen molar-refractivity contribution in [1.29, 1.82) is 0 Å². The third-order valence-electron chi connectivity index (χ3n) is 1.82. The molecule has 0 aliphatic rings. The van der Waals surface area contributed by atoms with Crippen LogP contribution < -0.4 is 15.2 Å². The minimum absolute atomic E-state index is 0.261. The van der Waals surface area contributed by atoms with E-state index in [-0.39, 0.29) is 6.61 Å². The molecule has 0 bridgehead atoms. The number of aliphatic hydroxyl groups is 1. The van der Waals surface area contributed by atoms with Crippen LogP contribution in [0.15, 0.2) is 24.3 Å². The van der Waals surface area contributed by atoms with E-state index in [0.29, 0.717) is 12.3 Å². The van der Waals surface area contributed by atoms with Gasteiger partial charge in [0.25, 0.3) is 0 Å². The van der Waals surface area contributed by atoms with Gasteiger partial charge in [-0.1, -0.05) is 6.07 Å². The lowest BCUT2D eigenvalue weighted by Gasteiger charge is -2.09. The Hall–Kier alpha value is -1.26. The van der Waals surface area contributed by atoms with Gasteiger partial charge in [-0.15, -0.1) is 0 Å².